The molecule has 2 aromatic heterocycles. The summed E-state index contributed by atoms with van der Waals surface area (Å²) in [7, 11) is 0. The van der Waals surface area contributed by atoms with Gasteiger partial charge in [0.25, 0.3) is 0 Å². The van der Waals surface area contributed by atoms with E-state index in [0.29, 0.717) is 37.6 Å². The van der Waals surface area contributed by atoms with Gasteiger partial charge in [-0.2, -0.15) is 13.2 Å². The van der Waals surface area contributed by atoms with Crippen molar-refractivity contribution in [3.63, 3.8) is 0 Å². The number of anilines is 1. The van der Waals surface area contributed by atoms with E-state index in [9.17, 15) is 18.0 Å². The van der Waals surface area contributed by atoms with Crippen LogP contribution in [0.1, 0.15) is 23.5 Å². The number of halogens is 3. The molecule has 1 aliphatic heterocycles. The fourth-order valence-electron chi connectivity index (χ4n) is 2.82. The molecule has 0 saturated heterocycles. The number of rotatable bonds is 3. The molecule has 1 atom stereocenters. The fourth-order valence-corrected chi connectivity index (χ4v) is 2.82. The minimum atomic E-state index is -4.43. The Hall–Kier alpha value is -2.58. The maximum absolute atomic E-state index is 12.7. The van der Waals surface area contributed by atoms with E-state index in [2.05, 4.69) is 20.6 Å². The quantitative estimate of drug-likeness (QED) is 0.891. The van der Waals surface area contributed by atoms with Crippen molar-refractivity contribution >= 4 is 11.8 Å². The smallest absolute Gasteiger partial charge is 0.337 e. The number of hydrogen-bond donors (Lipinski definition) is 2. The molecule has 0 radical (unpaired) electrons. The average Bonchev–Trinajstić information content (AvgIpc) is 2.96. The summed E-state index contributed by atoms with van der Waals surface area (Å²) in [6.07, 6.45) is -0.650. The van der Waals surface area contributed by atoms with Gasteiger partial charge in [0.05, 0.1) is 0 Å². The van der Waals surface area contributed by atoms with E-state index < -0.39 is 11.9 Å². The third kappa shape index (κ3) is 4.28. The predicted molar refractivity (Wildman–Crippen MR) is 85.0 cm³/mol. The van der Waals surface area contributed by atoms with Gasteiger partial charge in [-0.05, 0) is 37.0 Å². The Morgan fingerprint density at radius 2 is 2.24 bits per heavy atom. The second kappa shape index (κ2) is 6.73. The summed E-state index contributed by atoms with van der Waals surface area (Å²) in [5.74, 6) is 0.948. The average molecular weight is 353 g/mol. The van der Waals surface area contributed by atoms with Crippen molar-refractivity contribution in [2.45, 2.75) is 32.5 Å². The molecule has 2 N–H and O–H groups in total. The summed E-state index contributed by atoms with van der Waals surface area (Å²) < 4.78 is 39.7. The van der Waals surface area contributed by atoms with E-state index in [1.54, 1.807) is 12.3 Å². The van der Waals surface area contributed by atoms with Crippen LogP contribution in [0.4, 0.5) is 23.8 Å². The highest BCUT2D eigenvalue weighted by molar-refractivity contribution is 5.88. The van der Waals surface area contributed by atoms with Gasteiger partial charge in [-0.1, -0.05) is 0 Å². The van der Waals surface area contributed by atoms with Crippen LogP contribution >= 0.6 is 0 Å². The Bertz CT molecular complexity index is 771. The summed E-state index contributed by atoms with van der Waals surface area (Å²) in [4.78, 5) is 19.6. The molecule has 0 fully saturated rings. The standard InChI is InChI=1S/C16H18F3N5O/c1-10-4-5-20-13(6-10)23-15(25)21-7-11-2-3-14-22-12(16(17,18)19)9-24(14)8-11/h4-6,9,11H,2-3,7-8H2,1H3,(H2,20,21,23,25)/t11-/m1/s1. The van der Waals surface area contributed by atoms with Crippen LogP contribution in [0.5, 0.6) is 0 Å². The lowest BCUT2D eigenvalue weighted by Gasteiger charge is -2.23. The van der Waals surface area contributed by atoms with Crippen LogP contribution in [0.2, 0.25) is 0 Å². The van der Waals surface area contributed by atoms with Crippen molar-refractivity contribution in [1.29, 1.82) is 0 Å². The first kappa shape index (κ1) is 17.2. The van der Waals surface area contributed by atoms with Gasteiger partial charge in [0, 0.05) is 31.9 Å². The topological polar surface area (TPSA) is 71.8 Å². The van der Waals surface area contributed by atoms with E-state index in [4.69, 9.17) is 0 Å². The SMILES string of the molecule is Cc1ccnc(NC(=O)NC[C@H]2CCc3nc(C(F)(F)F)cn3C2)c1. The number of imidazole rings is 1. The number of hydrogen-bond acceptors (Lipinski definition) is 3. The highest BCUT2D eigenvalue weighted by Crippen LogP contribution is 2.30. The first-order valence-electron chi connectivity index (χ1n) is 7.92. The first-order chi connectivity index (χ1) is 11.8. The van der Waals surface area contributed by atoms with Crippen LogP contribution in [0, 0.1) is 12.8 Å². The molecule has 0 bridgehead atoms. The third-order valence-corrected chi connectivity index (χ3v) is 4.09. The van der Waals surface area contributed by atoms with Gasteiger partial charge in [0.15, 0.2) is 5.69 Å². The summed E-state index contributed by atoms with van der Waals surface area (Å²) in [6.45, 7) is 2.67. The lowest BCUT2D eigenvalue weighted by atomic mass is 9.99. The highest BCUT2D eigenvalue weighted by atomic mass is 19.4. The van der Waals surface area contributed by atoms with E-state index in [-0.39, 0.29) is 11.9 Å². The molecule has 3 rings (SSSR count). The van der Waals surface area contributed by atoms with Crippen molar-refractivity contribution in [2.24, 2.45) is 5.92 Å². The van der Waals surface area contributed by atoms with Crippen LogP contribution in [0.25, 0.3) is 0 Å². The Balaban J connectivity index is 1.53. The monoisotopic (exact) mass is 353 g/mol. The predicted octanol–water partition coefficient (Wildman–Crippen LogP) is 2.99. The molecule has 2 amide bonds. The number of nitrogens with one attached hydrogen (secondary N) is 2. The molecule has 0 unspecified atom stereocenters. The van der Waals surface area contributed by atoms with Crippen molar-refractivity contribution in [3.05, 3.63) is 41.6 Å². The van der Waals surface area contributed by atoms with E-state index in [1.165, 1.54) is 4.57 Å². The number of amides is 2. The normalized spacial score (nSPS) is 17.0. The van der Waals surface area contributed by atoms with E-state index >= 15 is 0 Å². The van der Waals surface area contributed by atoms with Crippen LogP contribution < -0.4 is 10.6 Å². The van der Waals surface area contributed by atoms with Crippen molar-refractivity contribution in [3.8, 4) is 0 Å². The van der Waals surface area contributed by atoms with Gasteiger partial charge >= 0.3 is 12.2 Å². The maximum Gasteiger partial charge on any atom is 0.434 e. The molecule has 0 saturated carbocycles. The third-order valence-electron chi connectivity index (χ3n) is 4.09. The summed E-state index contributed by atoms with van der Waals surface area (Å²) in [6, 6.07) is 3.19. The molecule has 9 heteroatoms. The number of fused-ring (bicyclic) bond motifs is 1. The largest absolute Gasteiger partial charge is 0.434 e. The van der Waals surface area contributed by atoms with Gasteiger partial charge in [0.2, 0.25) is 0 Å². The number of alkyl halides is 3. The zero-order chi connectivity index (χ0) is 18.0. The number of pyridine rings is 1. The Labute approximate surface area is 142 Å². The summed E-state index contributed by atoms with van der Waals surface area (Å²) in [5.41, 5.74) is 0.116. The number of nitrogens with zero attached hydrogens (tertiary/aromatic N) is 3. The Morgan fingerprint density at radius 3 is 2.96 bits per heavy atom. The molecule has 0 spiro atoms. The molecule has 25 heavy (non-hydrogen) atoms. The lowest BCUT2D eigenvalue weighted by Crippen LogP contribution is -2.36. The summed E-state index contributed by atoms with van der Waals surface area (Å²) in [5, 5.41) is 5.38. The highest BCUT2D eigenvalue weighted by Gasteiger charge is 2.35. The maximum atomic E-state index is 12.7. The zero-order valence-corrected chi connectivity index (χ0v) is 13.6. The molecule has 0 aliphatic carbocycles. The number of carbonyl (C=O) groups excluding carboxylic acids is 1. The molecule has 1 aliphatic rings. The minimum absolute atomic E-state index is 0.0546. The van der Waals surface area contributed by atoms with Gasteiger partial charge < -0.3 is 9.88 Å². The van der Waals surface area contributed by atoms with Crippen LogP contribution in [-0.2, 0) is 19.1 Å². The zero-order valence-electron chi connectivity index (χ0n) is 13.6. The number of urea groups is 1. The van der Waals surface area contributed by atoms with E-state index in [0.717, 1.165) is 11.8 Å². The number of aryl methyl sites for hydroxylation is 2. The Kier molecular flexibility index (Phi) is 4.65. The molecule has 0 aromatic carbocycles. The second-order valence-electron chi connectivity index (χ2n) is 6.15. The molecule has 2 aromatic rings. The van der Waals surface area contributed by atoms with Crippen LogP contribution in [0.3, 0.4) is 0 Å². The lowest BCUT2D eigenvalue weighted by molar-refractivity contribution is -0.141. The van der Waals surface area contributed by atoms with Crippen molar-refractivity contribution in [2.75, 3.05) is 11.9 Å². The van der Waals surface area contributed by atoms with Crippen molar-refractivity contribution in [1.82, 2.24) is 19.9 Å². The van der Waals surface area contributed by atoms with Gasteiger partial charge in [-0.3, -0.25) is 5.32 Å². The molecular weight excluding hydrogens is 335 g/mol. The minimum Gasteiger partial charge on any atom is -0.337 e. The number of aromatic nitrogens is 3. The Morgan fingerprint density at radius 1 is 1.44 bits per heavy atom. The van der Waals surface area contributed by atoms with E-state index in [1.807, 2.05) is 13.0 Å². The summed E-state index contributed by atoms with van der Waals surface area (Å²) >= 11 is 0. The second-order valence-corrected chi connectivity index (χ2v) is 6.15. The van der Waals surface area contributed by atoms with Gasteiger partial charge in [-0.15, -0.1) is 0 Å². The fraction of sp³-hybridized carbons (Fsp3) is 0.438. The molecular formula is C16H18F3N5O. The first-order valence-corrected chi connectivity index (χ1v) is 7.92. The molecule has 3 heterocycles. The van der Waals surface area contributed by atoms with Crippen molar-refractivity contribution < 1.29 is 18.0 Å². The molecule has 134 valence electrons. The molecule has 6 nitrogen and oxygen atoms in total. The van der Waals surface area contributed by atoms with Crippen LogP contribution in [0.15, 0.2) is 24.5 Å². The van der Waals surface area contributed by atoms with Crippen LogP contribution in [-0.4, -0.2) is 27.1 Å². The number of carbonyl (C=O) groups is 1. The van der Waals surface area contributed by atoms with Gasteiger partial charge in [-0.25, -0.2) is 14.8 Å². The van der Waals surface area contributed by atoms with Gasteiger partial charge in [0.1, 0.15) is 11.6 Å².